The van der Waals surface area contributed by atoms with Crippen molar-refractivity contribution in [3.8, 4) is 11.5 Å². The van der Waals surface area contributed by atoms with Crippen LogP contribution < -0.4 is 32.5 Å². The van der Waals surface area contributed by atoms with Crippen LogP contribution >= 0.6 is 12.2 Å². The molecular formula is C30H41N7O8S. The molecule has 0 aliphatic heterocycles. The number of hydrogen-bond acceptors (Lipinski definition) is 10. The molecule has 0 fully saturated rings. The van der Waals surface area contributed by atoms with E-state index in [1.165, 1.54) is 12.1 Å². The van der Waals surface area contributed by atoms with Gasteiger partial charge in [0.25, 0.3) is 0 Å². The van der Waals surface area contributed by atoms with Gasteiger partial charge in [-0.1, -0.05) is 0 Å². The summed E-state index contributed by atoms with van der Waals surface area (Å²) >= 11 is 4.55. The highest BCUT2D eigenvalue weighted by atomic mass is 32.1. The van der Waals surface area contributed by atoms with Gasteiger partial charge in [-0.3, -0.25) is 28.8 Å². The van der Waals surface area contributed by atoms with Gasteiger partial charge in [-0.25, -0.2) is 4.99 Å². The first kappa shape index (κ1) is 37.4. The van der Waals surface area contributed by atoms with Gasteiger partial charge in [-0.2, -0.15) is 0 Å². The number of aliphatic imine (C=N–C) groups is 1. The van der Waals surface area contributed by atoms with Crippen molar-refractivity contribution in [2.75, 3.05) is 6.54 Å². The van der Waals surface area contributed by atoms with Gasteiger partial charge in [0.1, 0.15) is 0 Å². The van der Waals surface area contributed by atoms with E-state index in [0.717, 1.165) is 0 Å². The van der Waals surface area contributed by atoms with Crippen LogP contribution in [-0.2, 0) is 46.4 Å². The molecule has 0 saturated carbocycles. The Morgan fingerprint density at radius 2 is 1.26 bits per heavy atom. The van der Waals surface area contributed by atoms with E-state index in [-0.39, 0.29) is 76.0 Å². The molecule has 0 aliphatic rings. The number of thiocarbonyl (C=S) groups is 1. The van der Waals surface area contributed by atoms with E-state index < -0.39 is 51.5 Å². The third-order valence-corrected chi connectivity index (χ3v) is 8.03. The van der Waals surface area contributed by atoms with E-state index in [4.69, 9.17) is 5.73 Å². The van der Waals surface area contributed by atoms with Crippen LogP contribution in [0.3, 0.4) is 0 Å². The Morgan fingerprint density at radius 1 is 0.826 bits per heavy atom. The molecule has 0 unspecified atom stereocenters. The van der Waals surface area contributed by atoms with Crippen molar-refractivity contribution >= 4 is 41.0 Å². The first-order chi connectivity index (χ1) is 21.6. The summed E-state index contributed by atoms with van der Waals surface area (Å²) in [5.41, 5.74) is 4.62. The summed E-state index contributed by atoms with van der Waals surface area (Å²) in [6.07, 6.45) is -0.495. The lowest BCUT2D eigenvalue weighted by atomic mass is 9.83. The maximum atomic E-state index is 13.0. The van der Waals surface area contributed by atoms with Crippen molar-refractivity contribution in [3.05, 3.63) is 55.4 Å². The minimum atomic E-state index is -1.22. The number of pyridine rings is 2. The van der Waals surface area contributed by atoms with Gasteiger partial charge < -0.3 is 41.0 Å². The fourth-order valence-corrected chi connectivity index (χ4v) is 4.97. The van der Waals surface area contributed by atoms with Crippen molar-refractivity contribution < 1.29 is 29.4 Å². The molecule has 16 heteroatoms. The molecular weight excluding hydrogens is 618 g/mol. The predicted octanol–water partition coefficient (Wildman–Crippen LogP) is 0.218. The number of nitrogens with one attached hydrogen (secondary N) is 3. The Morgan fingerprint density at radius 3 is 1.67 bits per heavy atom. The zero-order valence-corrected chi connectivity index (χ0v) is 27.2. The molecule has 4 amide bonds. The number of rotatable bonds is 17. The summed E-state index contributed by atoms with van der Waals surface area (Å²) in [7, 11) is 3.28. The summed E-state index contributed by atoms with van der Waals surface area (Å²) in [6, 6.07) is 2.55. The van der Waals surface area contributed by atoms with Gasteiger partial charge >= 0.3 is 0 Å². The third-order valence-electron chi connectivity index (χ3n) is 7.90. The largest absolute Gasteiger partial charge is 0.503 e. The van der Waals surface area contributed by atoms with Crippen molar-refractivity contribution in [2.45, 2.75) is 77.4 Å². The van der Waals surface area contributed by atoms with Crippen molar-refractivity contribution in [2.24, 2.45) is 24.8 Å². The van der Waals surface area contributed by atoms with Gasteiger partial charge in [-0.15, -0.1) is 0 Å². The maximum Gasteiger partial charge on any atom is 0.223 e. The van der Waals surface area contributed by atoms with Crippen LogP contribution in [0.25, 0.3) is 0 Å². The molecule has 0 aromatic carbocycles. The average molecular weight is 660 g/mol. The molecule has 46 heavy (non-hydrogen) atoms. The summed E-state index contributed by atoms with van der Waals surface area (Å²) in [5, 5.41) is 30.8. The Labute approximate surface area is 270 Å². The lowest BCUT2D eigenvalue weighted by Gasteiger charge is -2.35. The number of aromatic nitrogens is 2. The first-order valence-corrected chi connectivity index (χ1v) is 14.9. The number of hydrogen-bond donors (Lipinski definition) is 6. The Balaban J connectivity index is 2.24. The van der Waals surface area contributed by atoms with Gasteiger partial charge in [0, 0.05) is 68.8 Å². The number of aryl methyl sites for hydroxylation is 2. The summed E-state index contributed by atoms with van der Waals surface area (Å²) < 4.78 is 3.15. The summed E-state index contributed by atoms with van der Waals surface area (Å²) in [5.74, 6) is -3.03. The number of nitrogens with two attached hydrogens (primary N) is 1. The van der Waals surface area contributed by atoms with Crippen molar-refractivity contribution in [1.29, 1.82) is 0 Å². The standard InChI is InChI=1S/C30H41N7O8S/c1-18-13-22(38)28(44)20(36(18)3)15-33-25(41)6-10-30(9-5-24(31)40,35-27(43)8-12-32-17-46)11-7-26(42)34-16-21-29(45)23(39)14-19(2)37(21)4/h13-14,44-45H,5-12,15-16H2,1-4H3,(H2,31,40)(H,33,41)(H,34,42)(H,35,43). The SMILES string of the molecule is Cc1cc(=O)c(O)c(CNC(=O)CCC(CCC(N)=O)(CCC(=O)NCc2c(O)c(=O)cc(C)n2C)NC(=O)CCN=C=S)n1C. The fraction of sp³-hybridized carbons (Fsp3) is 0.500. The minimum absolute atomic E-state index is 0.00740. The molecule has 250 valence electrons. The molecule has 2 aromatic heterocycles. The van der Waals surface area contributed by atoms with Crippen LogP contribution in [0.2, 0.25) is 0 Å². The highest BCUT2D eigenvalue weighted by Crippen LogP contribution is 2.27. The van der Waals surface area contributed by atoms with Crippen LogP contribution in [0, 0.1) is 13.8 Å². The monoisotopic (exact) mass is 659 g/mol. The summed E-state index contributed by atoms with van der Waals surface area (Å²) in [4.78, 5) is 78.4. The quantitative estimate of drug-likeness (QED) is 0.101. The molecule has 0 aliphatic carbocycles. The number of isothiocyanates is 1. The maximum absolute atomic E-state index is 13.0. The van der Waals surface area contributed by atoms with Crippen LogP contribution in [-0.4, -0.2) is 60.2 Å². The number of nitrogens with zero attached hydrogens (tertiary/aromatic N) is 3. The normalized spacial score (nSPS) is 11.0. The molecule has 0 bridgehead atoms. The minimum Gasteiger partial charge on any atom is -0.503 e. The van der Waals surface area contributed by atoms with Crippen LogP contribution in [0.15, 0.2) is 26.7 Å². The van der Waals surface area contributed by atoms with Gasteiger partial charge in [0.15, 0.2) is 11.5 Å². The molecule has 2 aromatic rings. The van der Waals surface area contributed by atoms with Gasteiger partial charge in [0.05, 0.1) is 36.2 Å². The molecule has 2 heterocycles. The Hall–Kier alpha value is -4.82. The number of amides is 4. The van der Waals surface area contributed by atoms with Crippen LogP contribution in [0.5, 0.6) is 11.5 Å². The zero-order valence-electron chi connectivity index (χ0n) is 26.4. The average Bonchev–Trinajstić information content (AvgIpc) is 2.99. The lowest BCUT2D eigenvalue weighted by molar-refractivity contribution is -0.126. The van der Waals surface area contributed by atoms with Crippen LogP contribution in [0.4, 0.5) is 0 Å². The highest BCUT2D eigenvalue weighted by Gasteiger charge is 2.33. The molecule has 15 nitrogen and oxygen atoms in total. The molecule has 7 N–H and O–H groups in total. The zero-order chi connectivity index (χ0) is 34.6. The molecule has 2 rings (SSSR count). The smallest absolute Gasteiger partial charge is 0.223 e. The molecule has 0 atom stereocenters. The molecule has 0 saturated heterocycles. The second-order valence-corrected chi connectivity index (χ2v) is 11.3. The lowest BCUT2D eigenvalue weighted by Crippen LogP contribution is -2.50. The van der Waals surface area contributed by atoms with E-state index in [0.29, 0.717) is 11.4 Å². The third kappa shape index (κ3) is 10.7. The number of carbonyl (C=O) groups is 4. The number of aromatic hydroxyl groups is 2. The molecule has 0 radical (unpaired) electrons. The number of carbonyl (C=O) groups excluding carboxylic acids is 4. The summed E-state index contributed by atoms with van der Waals surface area (Å²) in [6.45, 7) is 3.12. The van der Waals surface area contributed by atoms with Crippen molar-refractivity contribution in [1.82, 2.24) is 25.1 Å². The van der Waals surface area contributed by atoms with E-state index in [9.17, 15) is 39.0 Å². The second kappa shape index (κ2) is 17.0. The molecule has 0 spiro atoms. The second-order valence-electron chi connectivity index (χ2n) is 11.1. The Kier molecular flexibility index (Phi) is 13.8. The first-order valence-electron chi connectivity index (χ1n) is 14.5. The predicted molar refractivity (Wildman–Crippen MR) is 172 cm³/mol. The topological polar surface area (TPSA) is 227 Å². The van der Waals surface area contributed by atoms with Gasteiger partial charge in [-0.05, 0) is 45.3 Å². The number of primary amides is 1. The van der Waals surface area contributed by atoms with E-state index >= 15 is 0 Å². The Bertz CT molecular complexity index is 1550. The van der Waals surface area contributed by atoms with E-state index in [1.54, 1.807) is 37.1 Å². The fourth-order valence-electron chi connectivity index (χ4n) is 4.88. The van der Waals surface area contributed by atoms with Crippen molar-refractivity contribution in [3.63, 3.8) is 0 Å². The van der Waals surface area contributed by atoms with Gasteiger partial charge in [0.2, 0.25) is 34.5 Å². The highest BCUT2D eigenvalue weighted by molar-refractivity contribution is 7.78. The van der Waals surface area contributed by atoms with Crippen LogP contribution in [0.1, 0.15) is 67.7 Å². The van der Waals surface area contributed by atoms with E-state index in [1.807, 2.05) is 0 Å². The van der Waals surface area contributed by atoms with E-state index in [2.05, 4.69) is 38.3 Å².